The summed E-state index contributed by atoms with van der Waals surface area (Å²) in [5.74, 6) is 0. The Morgan fingerprint density at radius 3 is 3.17 bits per heavy atom. The summed E-state index contributed by atoms with van der Waals surface area (Å²) in [5.41, 5.74) is 2.61. The van der Waals surface area contributed by atoms with Crippen molar-refractivity contribution in [2.24, 2.45) is 0 Å². The maximum absolute atomic E-state index is 4.29. The zero-order valence-electron chi connectivity index (χ0n) is 7.07. The van der Waals surface area contributed by atoms with Gasteiger partial charge in [-0.05, 0) is 19.0 Å². The summed E-state index contributed by atoms with van der Waals surface area (Å²) in [6.45, 7) is 0. The van der Waals surface area contributed by atoms with Crippen LogP contribution in [0.15, 0.2) is 12.5 Å². The molecule has 12 heavy (non-hydrogen) atoms. The van der Waals surface area contributed by atoms with Crippen LogP contribution in [0.2, 0.25) is 0 Å². The SMILES string of the molecule is CN1C2Cc3cncnc3CC21. The van der Waals surface area contributed by atoms with Crippen molar-refractivity contribution in [1.82, 2.24) is 14.9 Å². The van der Waals surface area contributed by atoms with Gasteiger partial charge in [0.15, 0.2) is 0 Å². The van der Waals surface area contributed by atoms with Crippen LogP contribution < -0.4 is 0 Å². The summed E-state index contributed by atoms with van der Waals surface area (Å²) in [6.07, 6.45) is 5.89. The molecule has 0 amide bonds. The van der Waals surface area contributed by atoms with Crippen molar-refractivity contribution in [3.8, 4) is 0 Å². The lowest BCUT2D eigenvalue weighted by Gasteiger charge is -2.09. The molecular formula is C9H11N3. The number of likely N-dealkylation sites (N-methyl/N-ethyl adjacent to an activating group) is 1. The molecule has 62 valence electrons. The van der Waals surface area contributed by atoms with Gasteiger partial charge in [-0.2, -0.15) is 0 Å². The van der Waals surface area contributed by atoms with E-state index in [-0.39, 0.29) is 0 Å². The third-order valence-electron chi connectivity index (χ3n) is 3.11. The quantitative estimate of drug-likeness (QED) is 0.511. The van der Waals surface area contributed by atoms with Gasteiger partial charge in [0.25, 0.3) is 0 Å². The third-order valence-corrected chi connectivity index (χ3v) is 3.11. The predicted molar refractivity (Wildman–Crippen MR) is 44.8 cm³/mol. The Balaban J connectivity index is 2.00. The number of nitrogens with zero attached hydrogens (tertiary/aromatic N) is 3. The molecule has 0 spiro atoms. The molecule has 1 aliphatic heterocycles. The van der Waals surface area contributed by atoms with Gasteiger partial charge >= 0.3 is 0 Å². The molecule has 1 aromatic rings. The molecule has 2 aliphatic rings. The molecule has 0 saturated carbocycles. The number of rotatable bonds is 0. The van der Waals surface area contributed by atoms with Gasteiger partial charge in [-0.3, -0.25) is 4.90 Å². The highest BCUT2D eigenvalue weighted by molar-refractivity contribution is 5.28. The molecule has 1 saturated heterocycles. The average Bonchev–Trinajstić information content (AvgIpc) is 2.74. The average molecular weight is 161 g/mol. The zero-order chi connectivity index (χ0) is 8.13. The van der Waals surface area contributed by atoms with Gasteiger partial charge in [-0.25, -0.2) is 9.97 Å². The normalized spacial score (nSPS) is 36.9. The molecule has 1 aromatic heterocycles. The first-order valence-electron chi connectivity index (χ1n) is 4.36. The van der Waals surface area contributed by atoms with E-state index in [0.717, 1.165) is 24.9 Å². The Bertz CT molecular complexity index is 292. The van der Waals surface area contributed by atoms with Gasteiger partial charge in [0.05, 0.1) is 0 Å². The van der Waals surface area contributed by atoms with Crippen molar-refractivity contribution in [1.29, 1.82) is 0 Å². The molecule has 0 bridgehead atoms. The van der Waals surface area contributed by atoms with E-state index in [4.69, 9.17) is 0 Å². The fourth-order valence-corrected chi connectivity index (χ4v) is 2.20. The fourth-order valence-electron chi connectivity index (χ4n) is 2.20. The molecule has 1 fully saturated rings. The molecular weight excluding hydrogens is 150 g/mol. The highest BCUT2D eigenvalue weighted by atomic mass is 15.3. The second-order valence-electron chi connectivity index (χ2n) is 3.70. The van der Waals surface area contributed by atoms with E-state index in [9.17, 15) is 0 Å². The topological polar surface area (TPSA) is 28.8 Å². The van der Waals surface area contributed by atoms with E-state index in [0.29, 0.717) is 0 Å². The van der Waals surface area contributed by atoms with Crippen LogP contribution in [-0.2, 0) is 12.8 Å². The molecule has 0 aromatic carbocycles. The zero-order valence-corrected chi connectivity index (χ0v) is 7.07. The Kier molecular flexibility index (Phi) is 1.11. The van der Waals surface area contributed by atoms with Gasteiger partial charge in [0, 0.05) is 30.4 Å². The molecule has 0 N–H and O–H groups in total. The Labute approximate surface area is 71.4 Å². The second kappa shape index (κ2) is 2.04. The van der Waals surface area contributed by atoms with E-state index in [1.165, 1.54) is 11.3 Å². The number of fused-ring (bicyclic) bond motifs is 2. The van der Waals surface area contributed by atoms with E-state index < -0.39 is 0 Å². The Morgan fingerprint density at radius 2 is 2.25 bits per heavy atom. The van der Waals surface area contributed by atoms with Crippen LogP contribution >= 0.6 is 0 Å². The van der Waals surface area contributed by atoms with Crippen molar-refractivity contribution < 1.29 is 0 Å². The number of hydrogen-bond acceptors (Lipinski definition) is 3. The number of aromatic nitrogens is 2. The second-order valence-corrected chi connectivity index (χ2v) is 3.70. The first-order valence-corrected chi connectivity index (χ1v) is 4.36. The molecule has 0 radical (unpaired) electrons. The maximum Gasteiger partial charge on any atom is 0.115 e. The van der Waals surface area contributed by atoms with Gasteiger partial charge in [-0.1, -0.05) is 0 Å². The summed E-state index contributed by atoms with van der Waals surface area (Å²) in [7, 11) is 2.19. The van der Waals surface area contributed by atoms with Gasteiger partial charge < -0.3 is 0 Å². The molecule has 2 heterocycles. The largest absolute Gasteiger partial charge is 0.297 e. The highest BCUT2D eigenvalue weighted by Gasteiger charge is 2.47. The summed E-state index contributed by atoms with van der Waals surface area (Å²) < 4.78 is 0. The summed E-state index contributed by atoms with van der Waals surface area (Å²) in [5, 5.41) is 0. The van der Waals surface area contributed by atoms with Crippen LogP contribution in [0, 0.1) is 0 Å². The van der Waals surface area contributed by atoms with E-state index in [1.807, 2.05) is 6.20 Å². The van der Waals surface area contributed by atoms with E-state index >= 15 is 0 Å². The molecule has 1 aliphatic carbocycles. The summed E-state index contributed by atoms with van der Waals surface area (Å²) in [6, 6.07) is 1.55. The molecule has 3 heteroatoms. The number of hydrogen-bond donors (Lipinski definition) is 0. The van der Waals surface area contributed by atoms with E-state index in [2.05, 4.69) is 21.9 Å². The van der Waals surface area contributed by atoms with Crippen molar-refractivity contribution >= 4 is 0 Å². The summed E-state index contributed by atoms with van der Waals surface area (Å²) >= 11 is 0. The lowest BCUT2D eigenvalue weighted by molar-refractivity contribution is 0.586. The minimum absolute atomic E-state index is 0.771. The van der Waals surface area contributed by atoms with Crippen LogP contribution in [0.1, 0.15) is 11.3 Å². The van der Waals surface area contributed by atoms with Crippen molar-refractivity contribution in [3.05, 3.63) is 23.8 Å². The van der Waals surface area contributed by atoms with Crippen LogP contribution in [-0.4, -0.2) is 34.0 Å². The monoisotopic (exact) mass is 161 g/mol. The smallest absolute Gasteiger partial charge is 0.115 e. The van der Waals surface area contributed by atoms with Crippen LogP contribution in [0.25, 0.3) is 0 Å². The first kappa shape index (κ1) is 6.54. The minimum atomic E-state index is 0.771. The van der Waals surface area contributed by atoms with Crippen molar-refractivity contribution in [3.63, 3.8) is 0 Å². The molecule has 3 rings (SSSR count). The predicted octanol–water partition coefficient (Wildman–Crippen LogP) is 0.258. The third kappa shape index (κ3) is 0.743. The van der Waals surface area contributed by atoms with Gasteiger partial charge in [0.2, 0.25) is 0 Å². The fraction of sp³-hybridized carbons (Fsp3) is 0.556. The minimum Gasteiger partial charge on any atom is -0.297 e. The Hall–Kier alpha value is -0.960. The van der Waals surface area contributed by atoms with Crippen LogP contribution in [0.3, 0.4) is 0 Å². The molecule has 3 unspecified atom stereocenters. The van der Waals surface area contributed by atoms with E-state index in [1.54, 1.807) is 6.33 Å². The van der Waals surface area contributed by atoms with Crippen LogP contribution in [0.4, 0.5) is 0 Å². The van der Waals surface area contributed by atoms with Crippen LogP contribution in [0.5, 0.6) is 0 Å². The molecule has 3 atom stereocenters. The van der Waals surface area contributed by atoms with Crippen molar-refractivity contribution in [2.45, 2.75) is 24.9 Å². The first-order chi connectivity index (χ1) is 5.86. The van der Waals surface area contributed by atoms with Gasteiger partial charge in [-0.15, -0.1) is 0 Å². The lowest BCUT2D eigenvalue weighted by atomic mass is 9.98. The Morgan fingerprint density at radius 1 is 1.42 bits per heavy atom. The van der Waals surface area contributed by atoms with Gasteiger partial charge in [0.1, 0.15) is 6.33 Å². The maximum atomic E-state index is 4.29. The lowest BCUT2D eigenvalue weighted by Crippen LogP contribution is -2.13. The standard InChI is InChI=1S/C9H11N3/c1-12-8-2-6-4-10-5-11-7(6)3-9(8)12/h4-5,8-9H,2-3H2,1H3. The highest BCUT2D eigenvalue weighted by Crippen LogP contribution is 2.36. The molecule has 3 nitrogen and oxygen atoms in total. The summed E-state index contributed by atoms with van der Waals surface area (Å²) in [4.78, 5) is 10.8. The van der Waals surface area contributed by atoms with Crippen molar-refractivity contribution in [2.75, 3.05) is 7.05 Å².